The molecule has 0 saturated carbocycles. The molecule has 1 fully saturated rings. The molecule has 13 nitrogen and oxygen atoms in total. The van der Waals surface area contributed by atoms with Crippen molar-refractivity contribution < 1.29 is 39.4 Å². The summed E-state index contributed by atoms with van der Waals surface area (Å²) >= 11 is 0. The van der Waals surface area contributed by atoms with Gasteiger partial charge in [0.15, 0.2) is 0 Å². The standard InChI is InChI=1S/C21H31N4O8P.C2H7N/c26-15-17-1-3-18(4-2-17)16-34(33)25-11-8-23(14-20(29)30)6-5-22(13-19(27)28)7-9-24(10-12-25)21(31)32;1-3-2/h1-4,15,33H,5-14,16H2,(H,27,28)(H,29,30)(H,31,32);3H,1-2H3. The second-order valence-electron chi connectivity index (χ2n) is 8.45. The molecule has 37 heavy (non-hydrogen) atoms. The van der Waals surface area contributed by atoms with E-state index in [0.29, 0.717) is 24.8 Å². The lowest BCUT2D eigenvalue weighted by Crippen LogP contribution is -2.47. The summed E-state index contributed by atoms with van der Waals surface area (Å²) in [7, 11) is 2.06. The summed E-state index contributed by atoms with van der Waals surface area (Å²) in [6.07, 6.45) is -0.0874. The van der Waals surface area contributed by atoms with Crippen LogP contribution in [0.1, 0.15) is 15.9 Å². The van der Waals surface area contributed by atoms with Crippen LogP contribution < -0.4 is 5.32 Å². The van der Waals surface area contributed by atoms with E-state index in [1.54, 1.807) is 38.7 Å². The predicted molar refractivity (Wildman–Crippen MR) is 139 cm³/mol. The van der Waals surface area contributed by atoms with Gasteiger partial charge < -0.3 is 30.4 Å². The third kappa shape index (κ3) is 13.4. The number of nitrogens with one attached hydrogen (secondary N) is 1. The van der Waals surface area contributed by atoms with Crippen molar-refractivity contribution in [3.8, 4) is 0 Å². The number of carbonyl (C=O) groups is 4. The van der Waals surface area contributed by atoms with Crippen molar-refractivity contribution >= 4 is 32.6 Å². The minimum absolute atomic E-state index is 0.0892. The van der Waals surface area contributed by atoms with E-state index in [0.717, 1.165) is 11.8 Å². The molecular weight excluding hydrogens is 505 g/mol. The van der Waals surface area contributed by atoms with Crippen LogP contribution >= 0.6 is 8.30 Å². The van der Waals surface area contributed by atoms with E-state index in [1.165, 1.54) is 4.90 Å². The highest BCUT2D eigenvalue weighted by molar-refractivity contribution is 7.48. The number of carbonyl (C=O) groups excluding carboxylic acids is 1. The van der Waals surface area contributed by atoms with Crippen LogP contribution in [0, 0.1) is 0 Å². The first-order valence-corrected chi connectivity index (χ1v) is 13.2. The number of aldehydes is 1. The summed E-state index contributed by atoms with van der Waals surface area (Å²) < 4.78 is 1.77. The molecule has 1 heterocycles. The maximum atomic E-state index is 11.7. The number of carboxylic acid groups (broad SMARTS) is 3. The van der Waals surface area contributed by atoms with Gasteiger partial charge in [0.05, 0.1) is 13.1 Å². The van der Waals surface area contributed by atoms with Gasteiger partial charge in [-0.3, -0.25) is 28.9 Å². The van der Waals surface area contributed by atoms with Crippen LogP contribution in [0.3, 0.4) is 0 Å². The first-order chi connectivity index (χ1) is 17.6. The molecule has 14 heteroatoms. The summed E-state index contributed by atoms with van der Waals surface area (Å²) in [5.74, 6) is -2.06. The highest BCUT2D eigenvalue weighted by Gasteiger charge is 2.24. The topological polar surface area (TPSA) is 174 Å². The van der Waals surface area contributed by atoms with Crippen molar-refractivity contribution in [3.05, 3.63) is 35.4 Å². The molecular formula is C23H38N5O8P. The van der Waals surface area contributed by atoms with Gasteiger partial charge in [-0.15, -0.1) is 0 Å². The zero-order valence-electron chi connectivity index (χ0n) is 21.3. The van der Waals surface area contributed by atoms with Gasteiger partial charge in [0.25, 0.3) is 0 Å². The van der Waals surface area contributed by atoms with Crippen LogP contribution in [0.4, 0.5) is 4.79 Å². The van der Waals surface area contributed by atoms with Crippen molar-refractivity contribution in [2.45, 2.75) is 6.16 Å². The number of amides is 1. The molecule has 1 saturated heterocycles. The number of benzene rings is 1. The Balaban J connectivity index is 0.00000217. The van der Waals surface area contributed by atoms with Gasteiger partial charge in [0.1, 0.15) is 14.6 Å². The van der Waals surface area contributed by atoms with Gasteiger partial charge in [-0.05, 0) is 19.7 Å². The minimum atomic E-state index is -1.69. The van der Waals surface area contributed by atoms with Crippen molar-refractivity contribution in [2.75, 3.05) is 79.5 Å². The number of hydrogen-bond donors (Lipinski definition) is 5. The molecule has 0 aromatic heterocycles. The van der Waals surface area contributed by atoms with E-state index in [-0.39, 0.29) is 52.4 Å². The van der Waals surface area contributed by atoms with E-state index in [4.69, 9.17) is 5.11 Å². The molecule has 1 atom stereocenters. The number of nitrogens with zero attached hydrogens (tertiary/aromatic N) is 4. The highest BCUT2D eigenvalue weighted by Crippen LogP contribution is 2.39. The predicted octanol–water partition coefficient (Wildman–Crippen LogP) is 0.208. The molecule has 0 aliphatic carbocycles. The van der Waals surface area contributed by atoms with Crippen molar-refractivity contribution in [3.63, 3.8) is 0 Å². The highest BCUT2D eigenvalue weighted by atomic mass is 31.2. The zero-order chi connectivity index (χ0) is 27.8. The number of aliphatic carboxylic acids is 2. The quantitative estimate of drug-likeness (QED) is 0.223. The average molecular weight is 544 g/mol. The Morgan fingerprint density at radius 1 is 0.838 bits per heavy atom. The molecule has 1 amide bonds. The molecule has 1 aromatic rings. The lowest BCUT2D eigenvalue weighted by atomic mass is 10.2. The lowest BCUT2D eigenvalue weighted by Gasteiger charge is -2.34. The van der Waals surface area contributed by atoms with Gasteiger partial charge in [0, 0.05) is 64.1 Å². The molecule has 1 aliphatic rings. The third-order valence-electron chi connectivity index (χ3n) is 5.48. The molecule has 5 N–H and O–H groups in total. The maximum Gasteiger partial charge on any atom is 0.407 e. The summed E-state index contributed by atoms with van der Waals surface area (Å²) in [5.41, 5.74) is 1.35. The Hall–Kier alpha value is -2.67. The Labute approximate surface area is 218 Å². The monoisotopic (exact) mass is 543 g/mol. The first-order valence-electron chi connectivity index (χ1n) is 11.8. The molecule has 208 valence electrons. The van der Waals surface area contributed by atoms with Gasteiger partial charge in [0.2, 0.25) is 0 Å². The molecule has 1 unspecified atom stereocenters. The van der Waals surface area contributed by atoms with Crippen LogP contribution in [0.5, 0.6) is 0 Å². The summed E-state index contributed by atoms with van der Waals surface area (Å²) in [4.78, 5) is 60.5. The fourth-order valence-corrected chi connectivity index (χ4v) is 4.95. The van der Waals surface area contributed by atoms with Crippen LogP contribution in [0.15, 0.2) is 24.3 Å². The van der Waals surface area contributed by atoms with E-state index < -0.39 is 26.3 Å². The first kappa shape index (κ1) is 32.4. The summed E-state index contributed by atoms with van der Waals surface area (Å²) in [6, 6.07) is 6.82. The molecule has 0 bridgehead atoms. The Morgan fingerprint density at radius 2 is 1.27 bits per heavy atom. The fraction of sp³-hybridized carbons (Fsp3) is 0.565. The molecule has 0 spiro atoms. The second kappa shape index (κ2) is 17.7. The largest absolute Gasteiger partial charge is 0.480 e. The smallest absolute Gasteiger partial charge is 0.407 e. The van der Waals surface area contributed by atoms with Crippen LogP contribution in [-0.4, -0.2) is 143 Å². The molecule has 1 aliphatic heterocycles. The Bertz CT molecular complexity index is 860. The van der Waals surface area contributed by atoms with Crippen LogP contribution in [0.25, 0.3) is 0 Å². The zero-order valence-corrected chi connectivity index (χ0v) is 22.2. The van der Waals surface area contributed by atoms with Gasteiger partial charge >= 0.3 is 18.0 Å². The van der Waals surface area contributed by atoms with Crippen molar-refractivity contribution in [1.82, 2.24) is 24.7 Å². The van der Waals surface area contributed by atoms with Gasteiger partial charge in [-0.25, -0.2) is 4.79 Å². The van der Waals surface area contributed by atoms with Crippen LogP contribution in [-0.2, 0) is 15.8 Å². The van der Waals surface area contributed by atoms with Gasteiger partial charge in [-0.1, -0.05) is 24.3 Å². The Kier molecular flexibility index (Phi) is 15.5. The molecule has 0 radical (unpaired) electrons. The number of carboxylic acids is 2. The maximum absolute atomic E-state index is 11.7. The van der Waals surface area contributed by atoms with Crippen molar-refractivity contribution in [1.29, 1.82) is 0 Å². The SMILES string of the molecule is CNC.O=Cc1ccc(CP(O)N2CCN(CC(=O)O)CCN(CC(=O)O)CCN(C(=O)O)CC2)cc1. The van der Waals surface area contributed by atoms with E-state index in [2.05, 4.69) is 5.32 Å². The average Bonchev–Trinajstić information content (AvgIpc) is 2.82. The summed E-state index contributed by atoms with van der Waals surface area (Å²) in [5, 5.41) is 30.8. The van der Waals surface area contributed by atoms with Crippen molar-refractivity contribution in [2.24, 2.45) is 0 Å². The number of rotatable bonds is 8. The van der Waals surface area contributed by atoms with Gasteiger partial charge in [-0.2, -0.15) is 0 Å². The fourth-order valence-electron chi connectivity index (χ4n) is 3.57. The second-order valence-corrected chi connectivity index (χ2v) is 10.1. The third-order valence-corrected chi connectivity index (χ3v) is 7.18. The molecule has 1 aromatic carbocycles. The van der Waals surface area contributed by atoms with Crippen LogP contribution in [0.2, 0.25) is 0 Å². The Morgan fingerprint density at radius 3 is 1.73 bits per heavy atom. The van der Waals surface area contributed by atoms with E-state index >= 15 is 0 Å². The van der Waals surface area contributed by atoms with E-state index in [1.807, 2.05) is 14.1 Å². The van der Waals surface area contributed by atoms with E-state index in [9.17, 15) is 34.3 Å². The lowest BCUT2D eigenvalue weighted by molar-refractivity contribution is -0.140. The summed E-state index contributed by atoms with van der Waals surface area (Å²) in [6.45, 7) is 1.30. The number of hydrogen-bond acceptors (Lipinski definition) is 9. The minimum Gasteiger partial charge on any atom is -0.480 e. The normalized spacial score (nSPS) is 17.4. The molecule has 2 rings (SSSR count).